The van der Waals surface area contributed by atoms with Crippen LogP contribution < -0.4 is 0 Å². The van der Waals surface area contributed by atoms with E-state index in [1.807, 2.05) is 0 Å². The maximum absolute atomic E-state index is 11.7. The van der Waals surface area contributed by atoms with Crippen LogP contribution in [0.4, 0.5) is 0 Å². The van der Waals surface area contributed by atoms with E-state index in [1.165, 1.54) is 12.1 Å². The Bertz CT molecular complexity index is 449. The number of hydrogen-bond donors (Lipinski definition) is 1. The van der Waals surface area contributed by atoms with Crippen LogP contribution in [0.2, 0.25) is 25.7 Å². The number of benzene rings is 1. The average molecular weight is 266 g/mol. The predicted molar refractivity (Wildman–Crippen MR) is 71.8 cm³/mol. The molecule has 0 spiro atoms. The highest BCUT2D eigenvalue weighted by Gasteiger charge is 2.15. The lowest BCUT2D eigenvalue weighted by atomic mass is 10.1. The van der Waals surface area contributed by atoms with Gasteiger partial charge < -0.3 is 9.84 Å². The molecule has 0 fully saturated rings. The van der Waals surface area contributed by atoms with Gasteiger partial charge in [0, 0.05) is 8.07 Å². The van der Waals surface area contributed by atoms with Crippen LogP contribution in [-0.2, 0) is 4.74 Å². The zero-order chi connectivity index (χ0) is 13.8. The number of rotatable bonds is 5. The van der Waals surface area contributed by atoms with E-state index in [1.54, 1.807) is 12.1 Å². The molecule has 5 heteroatoms. The van der Waals surface area contributed by atoms with Gasteiger partial charge in [-0.2, -0.15) is 0 Å². The molecular formula is C13H18O4Si. The average Bonchev–Trinajstić information content (AvgIpc) is 2.27. The van der Waals surface area contributed by atoms with Crippen LogP contribution in [0.5, 0.6) is 0 Å². The highest BCUT2D eigenvalue weighted by molar-refractivity contribution is 6.76. The molecule has 18 heavy (non-hydrogen) atoms. The molecule has 0 saturated heterocycles. The SMILES string of the molecule is C[Si](C)(C)CCOC(=O)c1cccc(C(=O)O)c1. The van der Waals surface area contributed by atoms with Gasteiger partial charge in [-0.3, -0.25) is 0 Å². The Balaban J connectivity index is 2.62. The third-order valence-electron chi connectivity index (χ3n) is 2.43. The number of carbonyl (C=O) groups is 2. The molecule has 4 nitrogen and oxygen atoms in total. The number of aromatic carboxylic acids is 1. The van der Waals surface area contributed by atoms with Crippen molar-refractivity contribution in [3.63, 3.8) is 0 Å². The lowest BCUT2D eigenvalue weighted by Crippen LogP contribution is -2.22. The third kappa shape index (κ3) is 4.71. The Morgan fingerprint density at radius 1 is 1.22 bits per heavy atom. The molecule has 1 aromatic rings. The second kappa shape index (κ2) is 5.82. The van der Waals surface area contributed by atoms with E-state index >= 15 is 0 Å². The van der Waals surface area contributed by atoms with E-state index < -0.39 is 20.0 Å². The van der Waals surface area contributed by atoms with Crippen molar-refractivity contribution < 1.29 is 19.4 Å². The second-order valence-corrected chi connectivity index (χ2v) is 11.0. The van der Waals surface area contributed by atoms with Gasteiger partial charge in [-0.25, -0.2) is 9.59 Å². The van der Waals surface area contributed by atoms with Crippen LogP contribution in [0, 0.1) is 0 Å². The van der Waals surface area contributed by atoms with Gasteiger partial charge in [-0.1, -0.05) is 25.7 Å². The van der Waals surface area contributed by atoms with Crippen LogP contribution in [0.25, 0.3) is 0 Å². The molecule has 0 amide bonds. The number of carboxylic acid groups (broad SMARTS) is 1. The lowest BCUT2D eigenvalue weighted by Gasteiger charge is -2.15. The van der Waals surface area contributed by atoms with Crippen LogP contribution >= 0.6 is 0 Å². The highest BCUT2D eigenvalue weighted by Crippen LogP contribution is 2.10. The summed E-state index contributed by atoms with van der Waals surface area (Å²) in [6.07, 6.45) is 0. The minimum Gasteiger partial charge on any atom is -0.478 e. The molecular weight excluding hydrogens is 248 g/mol. The minimum absolute atomic E-state index is 0.0923. The maximum atomic E-state index is 11.7. The van der Waals surface area contributed by atoms with E-state index in [0.717, 1.165) is 6.04 Å². The summed E-state index contributed by atoms with van der Waals surface area (Å²) in [6, 6.07) is 6.78. The normalized spacial score (nSPS) is 11.1. The van der Waals surface area contributed by atoms with Crippen molar-refractivity contribution in [3.8, 4) is 0 Å². The largest absolute Gasteiger partial charge is 0.478 e. The molecule has 0 aliphatic rings. The van der Waals surface area contributed by atoms with Crippen molar-refractivity contribution >= 4 is 20.0 Å². The van der Waals surface area contributed by atoms with Gasteiger partial charge in [0.25, 0.3) is 0 Å². The molecule has 0 unspecified atom stereocenters. The first kappa shape index (κ1) is 14.4. The zero-order valence-corrected chi connectivity index (χ0v) is 11.9. The summed E-state index contributed by atoms with van der Waals surface area (Å²) in [6.45, 7) is 7.00. The van der Waals surface area contributed by atoms with E-state index in [0.29, 0.717) is 6.61 Å². The summed E-state index contributed by atoms with van der Waals surface area (Å²) in [5.74, 6) is -1.51. The topological polar surface area (TPSA) is 63.6 Å². The third-order valence-corrected chi connectivity index (χ3v) is 4.13. The zero-order valence-electron chi connectivity index (χ0n) is 10.9. The van der Waals surface area contributed by atoms with Crippen LogP contribution in [0.1, 0.15) is 20.7 Å². The monoisotopic (exact) mass is 266 g/mol. The summed E-state index contributed by atoms with van der Waals surface area (Å²) >= 11 is 0. The van der Waals surface area contributed by atoms with Crippen LogP contribution in [0.15, 0.2) is 24.3 Å². The lowest BCUT2D eigenvalue weighted by molar-refractivity contribution is 0.0525. The standard InChI is InChI=1S/C13H18O4Si/c1-18(2,3)8-7-17-13(16)11-6-4-5-10(9-11)12(14)15/h4-6,9H,7-8H2,1-3H3,(H,14,15). The Morgan fingerprint density at radius 3 is 2.39 bits per heavy atom. The highest BCUT2D eigenvalue weighted by atomic mass is 28.3. The maximum Gasteiger partial charge on any atom is 0.338 e. The molecule has 0 aliphatic carbocycles. The fraction of sp³-hybridized carbons (Fsp3) is 0.385. The van der Waals surface area contributed by atoms with Gasteiger partial charge in [0.05, 0.1) is 17.7 Å². The van der Waals surface area contributed by atoms with Crippen molar-refractivity contribution in [2.75, 3.05) is 6.61 Å². The van der Waals surface area contributed by atoms with Gasteiger partial charge in [0.1, 0.15) is 0 Å². The molecule has 1 N–H and O–H groups in total. The molecule has 1 rings (SSSR count). The molecule has 1 aromatic carbocycles. The van der Waals surface area contributed by atoms with Crippen molar-refractivity contribution in [2.45, 2.75) is 25.7 Å². The molecule has 0 aliphatic heterocycles. The Kier molecular flexibility index (Phi) is 4.67. The summed E-state index contributed by atoms with van der Waals surface area (Å²) in [7, 11) is -1.23. The van der Waals surface area contributed by atoms with E-state index in [-0.39, 0.29) is 11.1 Å². The van der Waals surface area contributed by atoms with Gasteiger partial charge in [-0.05, 0) is 24.2 Å². The number of carboxylic acids is 1. The van der Waals surface area contributed by atoms with Gasteiger partial charge in [-0.15, -0.1) is 0 Å². The Labute approximate surface area is 108 Å². The first-order valence-corrected chi connectivity index (χ1v) is 9.51. The molecule has 0 saturated carbocycles. The molecule has 0 atom stereocenters. The number of esters is 1. The molecule has 0 aromatic heterocycles. The Hall–Kier alpha value is -1.62. The summed E-state index contributed by atoms with van der Waals surface area (Å²) in [5.41, 5.74) is 0.375. The van der Waals surface area contributed by atoms with Crippen molar-refractivity contribution in [1.29, 1.82) is 0 Å². The molecule has 98 valence electrons. The number of carbonyl (C=O) groups excluding carboxylic acids is 1. The van der Waals surface area contributed by atoms with Crippen molar-refractivity contribution in [3.05, 3.63) is 35.4 Å². The fourth-order valence-electron chi connectivity index (χ4n) is 1.31. The molecule has 0 heterocycles. The number of hydrogen-bond acceptors (Lipinski definition) is 3. The second-order valence-electron chi connectivity index (χ2n) is 5.33. The first-order valence-electron chi connectivity index (χ1n) is 5.80. The van der Waals surface area contributed by atoms with E-state index in [2.05, 4.69) is 19.6 Å². The predicted octanol–water partition coefficient (Wildman–Crippen LogP) is 2.88. The summed E-state index contributed by atoms with van der Waals surface area (Å²) in [4.78, 5) is 22.5. The van der Waals surface area contributed by atoms with Gasteiger partial charge in [0.2, 0.25) is 0 Å². The Morgan fingerprint density at radius 2 is 1.83 bits per heavy atom. The molecule has 0 radical (unpaired) electrons. The van der Waals surface area contributed by atoms with Crippen molar-refractivity contribution in [2.24, 2.45) is 0 Å². The van der Waals surface area contributed by atoms with Crippen LogP contribution in [0.3, 0.4) is 0 Å². The van der Waals surface area contributed by atoms with E-state index in [9.17, 15) is 9.59 Å². The van der Waals surface area contributed by atoms with E-state index in [4.69, 9.17) is 9.84 Å². The molecule has 0 bridgehead atoms. The van der Waals surface area contributed by atoms with Gasteiger partial charge >= 0.3 is 11.9 Å². The first-order chi connectivity index (χ1) is 8.29. The van der Waals surface area contributed by atoms with Crippen LogP contribution in [-0.4, -0.2) is 31.7 Å². The number of ether oxygens (including phenoxy) is 1. The minimum atomic E-state index is -1.23. The quantitative estimate of drug-likeness (QED) is 0.657. The summed E-state index contributed by atoms with van der Waals surface area (Å²) in [5, 5.41) is 8.83. The fourth-order valence-corrected chi connectivity index (χ4v) is 2.03. The summed E-state index contributed by atoms with van der Waals surface area (Å²) < 4.78 is 5.14. The van der Waals surface area contributed by atoms with Gasteiger partial charge in [0.15, 0.2) is 0 Å². The van der Waals surface area contributed by atoms with Crippen molar-refractivity contribution in [1.82, 2.24) is 0 Å². The smallest absolute Gasteiger partial charge is 0.338 e.